The fourth-order valence-corrected chi connectivity index (χ4v) is 0.957. The highest BCUT2D eigenvalue weighted by molar-refractivity contribution is 5.40. The summed E-state index contributed by atoms with van der Waals surface area (Å²) in [5.41, 5.74) is 6.70. The lowest BCUT2D eigenvalue weighted by molar-refractivity contribution is 1.08. The van der Waals surface area contributed by atoms with Crippen molar-refractivity contribution in [1.29, 1.82) is 0 Å². The van der Waals surface area contributed by atoms with E-state index in [0.29, 0.717) is 0 Å². The zero-order valence-electron chi connectivity index (χ0n) is 3.52. The first kappa shape index (κ1) is 2.67. The lowest BCUT2D eigenvalue weighted by atomic mass is 10.3. The molecule has 0 aromatic rings. The van der Waals surface area contributed by atoms with Crippen molar-refractivity contribution < 1.29 is 0 Å². The molecule has 2 aliphatic carbocycles. The van der Waals surface area contributed by atoms with Crippen LogP contribution in [0.4, 0.5) is 0 Å². The highest BCUT2D eigenvalue weighted by Gasteiger charge is 2.58. The average molecular weight is 81.1 g/mol. The van der Waals surface area contributed by atoms with Crippen LogP contribution in [0.1, 0.15) is 6.42 Å². The maximum absolute atomic E-state index is 5.19. The Balaban J connectivity index is 2.24. The fourth-order valence-electron chi connectivity index (χ4n) is 0.957. The predicted octanol–water partition coefficient (Wildman–Crippen LogP) is 0.479. The zero-order chi connectivity index (χ0) is 4.15. The third kappa shape index (κ3) is 0.125. The second-order valence-corrected chi connectivity index (χ2v) is 2.12. The molecular formula is C5H7N. The Labute approximate surface area is 36.8 Å². The van der Waals surface area contributed by atoms with Crippen LogP contribution in [0.2, 0.25) is 0 Å². The van der Waals surface area contributed by atoms with Gasteiger partial charge in [0.2, 0.25) is 0 Å². The van der Waals surface area contributed by atoms with E-state index in [9.17, 15) is 0 Å². The Morgan fingerprint density at radius 3 is 2.33 bits per heavy atom. The van der Waals surface area contributed by atoms with E-state index < -0.39 is 0 Å². The summed E-state index contributed by atoms with van der Waals surface area (Å²) in [5, 5.41) is 0. The van der Waals surface area contributed by atoms with Crippen LogP contribution in [-0.2, 0) is 0 Å². The Kier molecular flexibility index (Phi) is 0.228. The van der Waals surface area contributed by atoms with E-state index in [1.54, 1.807) is 6.20 Å². The molecule has 2 unspecified atom stereocenters. The molecule has 6 heavy (non-hydrogen) atoms. The number of allylic oxidation sites excluding steroid dienone is 1. The molecule has 32 valence electrons. The minimum absolute atomic E-state index is 0.968. The molecule has 2 atom stereocenters. The summed E-state index contributed by atoms with van der Waals surface area (Å²) >= 11 is 0. The summed E-state index contributed by atoms with van der Waals surface area (Å²) in [4.78, 5) is 0. The maximum atomic E-state index is 5.19. The highest BCUT2D eigenvalue weighted by Crippen LogP contribution is 2.67. The van der Waals surface area contributed by atoms with E-state index in [1.807, 2.05) is 0 Å². The van der Waals surface area contributed by atoms with Gasteiger partial charge in [-0.1, -0.05) is 0 Å². The lowest BCUT2D eigenvalue weighted by Crippen LogP contribution is -1.78. The number of fused-ring (bicyclic) bond motifs is 1. The van der Waals surface area contributed by atoms with Crippen LogP contribution in [0.25, 0.3) is 0 Å². The van der Waals surface area contributed by atoms with Crippen molar-refractivity contribution in [1.82, 2.24) is 0 Å². The van der Waals surface area contributed by atoms with Crippen molar-refractivity contribution in [2.24, 2.45) is 17.6 Å². The van der Waals surface area contributed by atoms with Crippen molar-refractivity contribution >= 4 is 0 Å². The van der Waals surface area contributed by atoms with Gasteiger partial charge >= 0.3 is 0 Å². The van der Waals surface area contributed by atoms with Gasteiger partial charge in [0.1, 0.15) is 0 Å². The van der Waals surface area contributed by atoms with E-state index in [-0.39, 0.29) is 0 Å². The molecule has 0 spiro atoms. The molecule has 2 N–H and O–H groups in total. The summed E-state index contributed by atoms with van der Waals surface area (Å²) in [6.45, 7) is 0. The number of hydrogen-bond donors (Lipinski definition) is 1. The molecule has 2 rings (SSSR count). The van der Waals surface area contributed by atoms with Crippen molar-refractivity contribution in [2.75, 3.05) is 0 Å². The molecule has 0 aliphatic heterocycles. The highest BCUT2D eigenvalue weighted by atomic mass is 14.7. The van der Waals surface area contributed by atoms with E-state index in [1.165, 1.54) is 12.0 Å². The van der Waals surface area contributed by atoms with Crippen LogP contribution in [-0.4, -0.2) is 0 Å². The summed E-state index contributed by atoms with van der Waals surface area (Å²) in [7, 11) is 0. The Morgan fingerprint density at radius 1 is 1.67 bits per heavy atom. The normalized spacial score (nSPS) is 47.7. The van der Waals surface area contributed by atoms with Crippen LogP contribution in [0.3, 0.4) is 0 Å². The maximum Gasteiger partial charge on any atom is -0.00644 e. The molecule has 2 aliphatic rings. The topological polar surface area (TPSA) is 26.0 Å². The predicted molar refractivity (Wildman–Crippen MR) is 23.9 cm³/mol. The lowest BCUT2D eigenvalue weighted by Gasteiger charge is -1.77. The molecule has 0 amide bonds. The van der Waals surface area contributed by atoms with Gasteiger partial charge in [-0.3, -0.25) is 0 Å². The first-order valence-electron chi connectivity index (χ1n) is 2.35. The Morgan fingerprint density at radius 2 is 2.33 bits per heavy atom. The average Bonchev–Trinajstić information content (AvgIpc) is 2.12. The molecule has 0 heterocycles. The third-order valence-corrected chi connectivity index (χ3v) is 1.73. The van der Waals surface area contributed by atoms with Crippen molar-refractivity contribution in [3.05, 3.63) is 11.8 Å². The van der Waals surface area contributed by atoms with Gasteiger partial charge in [0.05, 0.1) is 0 Å². The zero-order valence-corrected chi connectivity index (χ0v) is 3.52. The third-order valence-electron chi connectivity index (χ3n) is 1.73. The molecule has 0 bridgehead atoms. The van der Waals surface area contributed by atoms with Gasteiger partial charge in [0, 0.05) is 0 Å². The first-order valence-corrected chi connectivity index (χ1v) is 2.35. The molecular weight excluding hydrogens is 74.1 g/mol. The van der Waals surface area contributed by atoms with E-state index in [4.69, 9.17) is 5.73 Å². The molecule has 0 aromatic heterocycles. The van der Waals surface area contributed by atoms with E-state index >= 15 is 0 Å². The fraction of sp³-hybridized carbons (Fsp3) is 0.600. The van der Waals surface area contributed by atoms with E-state index in [0.717, 1.165) is 11.8 Å². The van der Waals surface area contributed by atoms with Gasteiger partial charge in [-0.15, -0.1) is 0 Å². The Hall–Kier alpha value is -0.460. The van der Waals surface area contributed by atoms with Crippen LogP contribution < -0.4 is 5.73 Å². The van der Waals surface area contributed by atoms with E-state index in [2.05, 4.69) is 0 Å². The molecule has 1 nitrogen and oxygen atoms in total. The molecule has 0 aromatic carbocycles. The quantitative estimate of drug-likeness (QED) is 0.451. The Bertz CT molecular complexity index is 105. The van der Waals surface area contributed by atoms with Crippen molar-refractivity contribution in [2.45, 2.75) is 6.42 Å². The molecule has 0 radical (unpaired) electrons. The van der Waals surface area contributed by atoms with Crippen LogP contribution in [0.15, 0.2) is 11.8 Å². The summed E-state index contributed by atoms with van der Waals surface area (Å²) in [6, 6.07) is 0. The summed E-state index contributed by atoms with van der Waals surface area (Å²) in [6.07, 6.45) is 3.20. The summed E-state index contributed by atoms with van der Waals surface area (Å²) in [5.74, 6) is 1.94. The van der Waals surface area contributed by atoms with Crippen molar-refractivity contribution in [3.8, 4) is 0 Å². The van der Waals surface area contributed by atoms with Gasteiger partial charge in [0.15, 0.2) is 0 Å². The van der Waals surface area contributed by atoms with Gasteiger partial charge in [-0.05, 0) is 30.0 Å². The minimum atomic E-state index is 0.968. The van der Waals surface area contributed by atoms with Gasteiger partial charge in [0.25, 0.3) is 0 Å². The number of rotatable bonds is 0. The second kappa shape index (κ2) is 0.512. The largest absolute Gasteiger partial charge is 0.405 e. The van der Waals surface area contributed by atoms with Crippen LogP contribution in [0.5, 0.6) is 0 Å². The summed E-state index contributed by atoms with van der Waals surface area (Å²) < 4.78 is 0. The number of hydrogen-bond acceptors (Lipinski definition) is 1. The molecule has 0 saturated heterocycles. The van der Waals surface area contributed by atoms with Gasteiger partial charge in [-0.25, -0.2) is 0 Å². The molecule has 1 heteroatoms. The monoisotopic (exact) mass is 81.1 g/mol. The molecule has 2 fully saturated rings. The standard InChI is InChI=1S/C5H7N/c6-2-5-3-1-4(3)5/h2-4H,1,6H2. The van der Waals surface area contributed by atoms with Gasteiger partial charge < -0.3 is 5.73 Å². The van der Waals surface area contributed by atoms with Crippen LogP contribution in [0, 0.1) is 11.8 Å². The molecule has 2 saturated carbocycles. The second-order valence-electron chi connectivity index (χ2n) is 2.12. The SMILES string of the molecule is NC=C1C2CC12. The first-order chi connectivity index (χ1) is 2.93. The number of nitrogens with two attached hydrogens (primary N) is 1. The van der Waals surface area contributed by atoms with Gasteiger partial charge in [-0.2, -0.15) is 0 Å². The van der Waals surface area contributed by atoms with Crippen LogP contribution >= 0.6 is 0 Å². The van der Waals surface area contributed by atoms with Crippen molar-refractivity contribution in [3.63, 3.8) is 0 Å². The minimum Gasteiger partial charge on any atom is -0.405 e. The smallest absolute Gasteiger partial charge is 0.00644 e.